The van der Waals surface area contributed by atoms with Crippen molar-refractivity contribution in [2.24, 2.45) is 0 Å². The van der Waals surface area contributed by atoms with Gasteiger partial charge in [-0.3, -0.25) is 4.72 Å². The van der Waals surface area contributed by atoms with Gasteiger partial charge in [0, 0.05) is 4.88 Å². The highest BCUT2D eigenvalue weighted by atomic mass is 32.2. The fourth-order valence-corrected chi connectivity index (χ4v) is 3.98. The van der Waals surface area contributed by atoms with Crippen LogP contribution in [-0.2, 0) is 22.9 Å². The largest absolute Gasteiger partial charge is 0.334 e. The fraction of sp³-hybridized carbons (Fsp3) is 0.333. The Hall–Kier alpha value is -1.41. The lowest BCUT2D eigenvalue weighted by Crippen LogP contribution is -2.13. The Morgan fingerprint density at radius 1 is 1.41 bits per heavy atom. The van der Waals surface area contributed by atoms with Crippen LogP contribution in [0.2, 0.25) is 0 Å². The van der Waals surface area contributed by atoms with Crippen LogP contribution in [0.15, 0.2) is 17.6 Å². The first-order chi connectivity index (χ1) is 8.15. The normalized spacial score (nSPS) is 14.8. The summed E-state index contributed by atoms with van der Waals surface area (Å²) in [6, 6.07) is 0. The van der Waals surface area contributed by atoms with Gasteiger partial charge in [0.15, 0.2) is 10.2 Å². The first-order valence-corrected chi connectivity index (χ1v) is 7.45. The third-order valence-corrected chi connectivity index (χ3v) is 5.05. The number of imidazole rings is 1. The quantitative estimate of drug-likeness (QED) is 0.876. The highest BCUT2D eigenvalue weighted by Crippen LogP contribution is 2.31. The van der Waals surface area contributed by atoms with Crippen LogP contribution >= 0.6 is 11.3 Å². The van der Waals surface area contributed by atoms with E-state index in [-0.39, 0.29) is 5.03 Å². The minimum absolute atomic E-state index is 0.0489. The zero-order valence-corrected chi connectivity index (χ0v) is 10.4. The number of rotatable bonds is 3. The van der Waals surface area contributed by atoms with Crippen LogP contribution in [0.3, 0.4) is 0 Å². The summed E-state index contributed by atoms with van der Waals surface area (Å²) < 4.78 is 26.2. The lowest BCUT2D eigenvalue weighted by Gasteiger charge is -2.01. The summed E-state index contributed by atoms with van der Waals surface area (Å²) in [4.78, 5) is 11.7. The molecule has 2 aromatic heterocycles. The van der Waals surface area contributed by atoms with E-state index in [4.69, 9.17) is 0 Å². The second kappa shape index (κ2) is 3.81. The molecule has 0 bridgehead atoms. The fourth-order valence-electron chi connectivity index (χ4n) is 1.79. The number of hydrogen-bond donors (Lipinski definition) is 2. The number of aromatic nitrogens is 3. The molecule has 0 amide bonds. The number of hydrogen-bond acceptors (Lipinski definition) is 5. The van der Waals surface area contributed by atoms with Crippen molar-refractivity contribution in [1.82, 2.24) is 15.0 Å². The molecule has 1 aliphatic carbocycles. The van der Waals surface area contributed by atoms with Gasteiger partial charge in [0.25, 0.3) is 10.0 Å². The van der Waals surface area contributed by atoms with E-state index in [1.165, 1.54) is 28.7 Å². The van der Waals surface area contributed by atoms with E-state index in [0.717, 1.165) is 25.0 Å². The second-order valence-electron chi connectivity index (χ2n) is 3.76. The first-order valence-electron chi connectivity index (χ1n) is 5.15. The predicted octanol–water partition coefficient (Wildman–Crippen LogP) is 1.16. The Bertz CT molecular complexity index is 609. The van der Waals surface area contributed by atoms with Gasteiger partial charge in [-0.15, -0.1) is 11.3 Å². The molecule has 0 spiro atoms. The maximum atomic E-state index is 11.9. The van der Waals surface area contributed by atoms with E-state index < -0.39 is 10.0 Å². The van der Waals surface area contributed by atoms with Crippen LogP contribution in [0.25, 0.3) is 0 Å². The molecule has 0 aromatic carbocycles. The molecule has 90 valence electrons. The summed E-state index contributed by atoms with van der Waals surface area (Å²) in [6.45, 7) is 0. The topological polar surface area (TPSA) is 87.7 Å². The van der Waals surface area contributed by atoms with E-state index in [2.05, 4.69) is 19.7 Å². The van der Waals surface area contributed by atoms with E-state index in [1.807, 2.05) is 0 Å². The van der Waals surface area contributed by atoms with Crippen molar-refractivity contribution in [1.29, 1.82) is 0 Å². The molecule has 17 heavy (non-hydrogen) atoms. The molecule has 0 aliphatic heterocycles. The molecular weight excluding hydrogens is 260 g/mol. The Morgan fingerprint density at radius 3 is 3.00 bits per heavy atom. The van der Waals surface area contributed by atoms with Crippen molar-refractivity contribution < 1.29 is 8.42 Å². The van der Waals surface area contributed by atoms with Gasteiger partial charge in [0.05, 0.1) is 18.2 Å². The highest BCUT2D eigenvalue weighted by Gasteiger charge is 2.21. The maximum Gasteiger partial charge on any atom is 0.280 e. The second-order valence-corrected chi connectivity index (χ2v) is 6.50. The van der Waals surface area contributed by atoms with Crippen LogP contribution in [0.4, 0.5) is 5.13 Å². The van der Waals surface area contributed by atoms with Crippen molar-refractivity contribution in [2.45, 2.75) is 24.3 Å². The number of sulfonamides is 1. The van der Waals surface area contributed by atoms with Gasteiger partial charge in [0.1, 0.15) is 0 Å². The van der Waals surface area contributed by atoms with E-state index in [9.17, 15) is 8.42 Å². The lowest BCUT2D eigenvalue weighted by molar-refractivity contribution is 0.598. The number of nitrogens with one attached hydrogen (secondary N) is 2. The maximum absolute atomic E-state index is 11.9. The summed E-state index contributed by atoms with van der Waals surface area (Å²) in [6.07, 6.45) is 5.65. The number of nitrogens with zero attached hydrogens (tertiary/aromatic N) is 2. The Labute approximate surface area is 102 Å². The minimum Gasteiger partial charge on any atom is -0.334 e. The smallest absolute Gasteiger partial charge is 0.280 e. The molecule has 0 radical (unpaired) electrons. The van der Waals surface area contributed by atoms with Crippen molar-refractivity contribution in [2.75, 3.05) is 4.72 Å². The first kappa shape index (κ1) is 10.7. The summed E-state index contributed by atoms with van der Waals surface area (Å²) in [5.74, 6) is 0. The average molecular weight is 270 g/mol. The monoisotopic (exact) mass is 270 g/mol. The number of aromatic amines is 1. The van der Waals surface area contributed by atoms with Crippen LogP contribution < -0.4 is 4.72 Å². The third kappa shape index (κ3) is 1.93. The third-order valence-electron chi connectivity index (χ3n) is 2.58. The van der Waals surface area contributed by atoms with Crippen molar-refractivity contribution in [3.63, 3.8) is 0 Å². The lowest BCUT2D eigenvalue weighted by atomic mass is 10.4. The number of thiazole rings is 1. The van der Waals surface area contributed by atoms with E-state index in [1.54, 1.807) is 0 Å². The SMILES string of the molecule is O=S(=O)(Nc1nc2c(s1)CCC2)c1cnc[nH]1. The van der Waals surface area contributed by atoms with Gasteiger partial charge in [-0.2, -0.15) is 8.42 Å². The Balaban J connectivity index is 1.87. The molecule has 0 saturated carbocycles. The highest BCUT2D eigenvalue weighted by molar-refractivity contribution is 7.92. The molecule has 2 heterocycles. The number of H-pyrrole nitrogens is 1. The van der Waals surface area contributed by atoms with Crippen molar-refractivity contribution in [3.05, 3.63) is 23.1 Å². The van der Waals surface area contributed by atoms with Gasteiger partial charge in [-0.05, 0) is 19.3 Å². The standard InChI is InChI=1S/C9H10N4O2S2/c14-17(15,8-4-10-5-11-8)13-9-12-6-2-1-3-7(6)16-9/h4-5H,1-3H2,(H,10,11)(H,12,13). The molecule has 2 N–H and O–H groups in total. The molecule has 2 aromatic rings. The zero-order chi connectivity index (χ0) is 11.9. The van der Waals surface area contributed by atoms with Crippen LogP contribution in [-0.4, -0.2) is 23.4 Å². The Kier molecular flexibility index (Phi) is 2.40. The summed E-state index contributed by atoms with van der Waals surface area (Å²) in [5.41, 5.74) is 1.03. The molecule has 0 unspecified atom stereocenters. The average Bonchev–Trinajstić information content (AvgIpc) is 2.90. The van der Waals surface area contributed by atoms with Crippen LogP contribution in [0.1, 0.15) is 17.0 Å². The van der Waals surface area contributed by atoms with Gasteiger partial charge in [-0.25, -0.2) is 9.97 Å². The van der Waals surface area contributed by atoms with Gasteiger partial charge < -0.3 is 4.98 Å². The van der Waals surface area contributed by atoms with E-state index >= 15 is 0 Å². The number of aryl methyl sites for hydroxylation is 2. The molecule has 3 rings (SSSR count). The number of fused-ring (bicyclic) bond motifs is 1. The molecular formula is C9H10N4O2S2. The van der Waals surface area contributed by atoms with E-state index in [0.29, 0.717) is 5.13 Å². The molecule has 0 atom stereocenters. The van der Waals surface area contributed by atoms with Gasteiger partial charge in [-0.1, -0.05) is 0 Å². The van der Waals surface area contributed by atoms with Crippen molar-refractivity contribution >= 4 is 26.5 Å². The number of anilines is 1. The van der Waals surface area contributed by atoms with Crippen LogP contribution in [0, 0.1) is 0 Å². The zero-order valence-electron chi connectivity index (χ0n) is 8.80. The predicted molar refractivity (Wildman–Crippen MR) is 63.5 cm³/mol. The molecule has 8 heteroatoms. The molecule has 0 fully saturated rings. The summed E-state index contributed by atoms with van der Waals surface area (Å²) in [5, 5.41) is 0.483. The Morgan fingerprint density at radius 2 is 2.29 bits per heavy atom. The van der Waals surface area contributed by atoms with Gasteiger partial charge in [0.2, 0.25) is 0 Å². The molecule has 1 aliphatic rings. The van der Waals surface area contributed by atoms with Crippen molar-refractivity contribution in [3.8, 4) is 0 Å². The summed E-state index contributed by atoms with van der Waals surface area (Å²) in [7, 11) is -3.58. The molecule has 0 saturated heterocycles. The van der Waals surface area contributed by atoms with Crippen LogP contribution in [0.5, 0.6) is 0 Å². The summed E-state index contributed by atoms with van der Waals surface area (Å²) >= 11 is 1.41. The van der Waals surface area contributed by atoms with Gasteiger partial charge >= 0.3 is 0 Å². The molecule has 6 nitrogen and oxygen atoms in total. The minimum atomic E-state index is -3.58.